The van der Waals surface area contributed by atoms with Crippen LogP contribution in [0.5, 0.6) is 0 Å². The second-order valence-corrected chi connectivity index (χ2v) is 8.33. The number of rotatable bonds is 7. The van der Waals surface area contributed by atoms with Gasteiger partial charge in [0.05, 0.1) is 23.1 Å². The minimum absolute atomic E-state index is 0.0352. The maximum absolute atomic E-state index is 13.7. The molecule has 0 aliphatic rings. The summed E-state index contributed by atoms with van der Waals surface area (Å²) in [5, 5.41) is 16.0. The van der Waals surface area contributed by atoms with Crippen molar-refractivity contribution in [3.63, 3.8) is 0 Å². The summed E-state index contributed by atoms with van der Waals surface area (Å²) < 4.78 is 15.4. The Bertz CT molecular complexity index is 1040. The predicted molar refractivity (Wildman–Crippen MR) is 109 cm³/mol. The van der Waals surface area contributed by atoms with Crippen molar-refractivity contribution in [2.75, 3.05) is 5.32 Å². The van der Waals surface area contributed by atoms with Crippen LogP contribution < -0.4 is 10.6 Å². The number of aromatic nitrogens is 4. The molecule has 1 unspecified atom stereocenters. The fourth-order valence-electron chi connectivity index (χ4n) is 2.33. The lowest BCUT2D eigenvalue weighted by Crippen LogP contribution is -2.25. The van der Waals surface area contributed by atoms with Crippen molar-refractivity contribution < 1.29 is 14.0 Å². The minimum Gasteiger partial charge on any atom is -0.345 e. The molecule has 0 bridgehead atoms. The summed E-state index contributed by atoms with van der Waals surface area (Å²) in [6, 6.07) is 5.75. The van der Waals surface area contributed by atoms with E-state index in [-0.39, 0.29) is 18.0 Å². The van der Waals surface area contributed by atoms with Gasteiger partial charge in [-0.25, -0.2) is 9.37 Å². The summed E-state index contributed by atoms with van der Waals surface area (Å²) in [4.78, 5) is 28.7. The normalized spacial score (nSPS) is 11.9. The van der Waals surface area contributed by atoms with Crippen molar-refractivity contribution in [2.24, 2.45) is 7.05 Å². The van der Waals surface area contributed by atoms with Crippen LogP contribution in [0.15, 0.2) is 34.8 Å². The molecule has 2 amide bonds. The second kappa shape index (κ2) is 9.14. The van der Waals surface area contributed by atoms with Crippen LogP contribution in [0.4, 0.5) is 9.52 Å². The van der Waals surface area contributed by atoms with Crippen LogP contribution in [-0.2, 0) is 18.4 Å². The van der Waals surface area contributed by atoms with E-state index in [4.69, 9.17) is 0 Å². The lowest BCUT2D eigenvalue weighted by molar-refractivity contribution is -0.115. The van der Waals surface area contributed by atoms with Crippen LogP contribution in [0.3, 0.4) is 0 Å². The molecule has 2 N–H and O–H groups in total. The Morgan fingerprint density at radius 2 is 2.07 bits per heavy atom. The van der Waals surface area contributed by atoms with Gasteiger partial charge in [0.1, 0.15) is 5.82 Å². The first-order valence-electron chi connectivity index (χ1n) is 8.65. The number of thioether (sulfide) groups is 1. The molecule has 3 rings (SSSR count). The number of hydrogen-bond acceptors (Lipinski definition) is 7. The minimum atomic E-state index is -0.588. The van der Waals surface area contributed by atoms with E-state index in [0.717, 1.165) is 5.69 Å². The summed E-state index contributed by atoms with van der Waals surface area (Å²) in [5.41, 5.74) is 0.813. The molecule has 0 aliphatic heterocycles. The van der Waals surface area contributed by atoms with E-state index in [1.165, 1.54) is 41.3 Å². The Morgan fingerprint density at radius 3 is 2.76 bits per heavy atom. The van der Waals surface area contributed by atoms with Gasteiger partial charge in [0.25, 0.3) is 5.91 Å². The van der Waals surface area contributed by atoms with Gasteiger partial charge >= 0.3 is 0 Å². The average Bonchev–Trinajstić information content (AvgIpc) is 3.25. The molecule has 152 valence electrons. The number of carbonyl (C=O) groups is 2. The Labute approximate surface area is 174 Å². The van der Waals surface area contributed by atoms with Crippen molar-refractivity contribution in [1.82, 2.24) is 25.1 Å². The quantitative estimate of drug-likeness (QED) is 0.555. The first kappa shape index (κ1) is 20.9. The van der Waals surface area contributed by atoms with E-state index in [9.17, 15) is 14.0 Å². The van der Waals surface area contributed by atoms with Gasteiger partial charge in [-0.1, -0.05) is 23.9 Å². The van der Waals surface area contributed by atoms with E-state index in [1.54, 1.807) is 24.6 Å². The van der Waals surface area contributed by atoms with E-state index < -0.39 is 17.0 Å². The number of aryl methyl sites for hydroxylation is 1. The molecule has 8 nitrogen and oxygen atoms in total. The smallest absolute Gasteiger partial charge is 0.254 e. The standard InChI is InChI=1S/C18H19FN6O2S2/c1-10-9-28-17(21-10)22-15(26)11(2)29-18-24-23-14(25(18)3)8-20-16(27)12-6-4-5-7-13(12)19/h4-7,9,11H,8H2,1-3H3,(H,20,27)(H,21,22,26). The summed E-state index contributed by atoms with van der Waals surface area (Å²) in [5.74, 6) is -0.830. The van der Waals surface area contributed by atoms with Crippen LogP contribution >= 0.6 is 23.1 Å². The van der Waals surface area contributed by atoms with E-state index in [2.05, 4.69) is 25.8 Å². The lowest BCUT2D eigenvalue weighted by atomic mass is 10.2. The molecule has 0 saturated carbocycles. The van der Waals surface area contributed by atoms with Gasteiger partial charge in [0.2, 0.25) is 5.91 Å². The molecule has 3 aromatic rings. The Morgan fingerprint density at radius 1 is 1.31 bits per heavy atom. The molecule has 29 heavy (non-hydrogen) atoms. The monoisotopic (exact) mass is 434 g/mol. The van der Waals surface area contributed by atoms with Gasteiger partial charge in [-0.15, -0.1) is 21.5 Å². The zero-order chi connectivity index (χ0) is 21.0. The third kappa shape index (κ3) is 5.18. The topological polar surface area (TPSA) is 102 Å². The summed E-state index contributed by atoms with van der Waals surface area (Å²) in [7, 11) is 1.74. The number of anilines is 1. The summed E-state index contributed by atoms with van der Waals surface area (Å²) in [6.07, 6.45) is 0. The lowest BCUT2D eigenvalue weighted by Gasteiger charge is -2.10. The number of carbonyl (C=O) groups excluding carboxylic acids is 2. The fraction of sp³-hybridized carbons (Fsp3) is 0.278. The number of thiazole rings is 1. The molecule has 11 heteroatoms. The maximum Gasteiger partial charge on any atom is 0.254 e. The number of amides is 2. The van der Waals surface area contributed by atoms with Crippen molar-refractivity contribution in [3.8, 4) is 0 Å². The highest BCUT2D eigenvalue weighted by Gasteiger charge is 2.20. The SMILES string of the molecule is Cc1csc(NC(=O)C(C)Sc2nnc(CNC(=O)c3ccccc3F)n2C)n1. The van der Waals surface area contributed by atoms with Crippen LogP contribution in [0, 0.1) is 12.7 Å². The highest BCUT2D eigenvalue weighted by Crippen LogP contribution is 2.23. The average molecular weight is 435 g/mol. The number of nitrogens with one attached hydrogen (secondary N) is 2. The largest absolute Gasteiger partial charge is 0.345 e. The highest BCUT2D eigenvalue weighted by atomic mass is 32.2. The Balaban J connectivity index is 1.58. The van der Waals surface area contributed by atoms with E-state index in [1.807, 2.05) is 12.3 Å². The number of benzene rings is 1. The molecule has 2 heterocycles. The van der Waals surface area contributed by atoms with Crippen molar-refractivity contribution in [2.45, 2.75) is 30.8 Å². The highest BCUT2D eigenvalue weighted by molar-refractivity contribution is 8.00. The second-order valence-electron chi connectivity index (χ2n) is 6.16. The summed E-state index contributed by atoms with van der Waals surface area (Å²) in [6.45, 7) is 3.70. The molecule has 0 spiro atoms. The van der Waals surface area contributed by atoms with E-state index >= 15 is 0 Å². The molecular formula is C18H19FN6O2S2. The molecule has 2 aromatic heterocycles. The first-order chi connectivity index (χ1) is 13.8. The van der Waals surface area contributed by atoms with Gasteiger partial charge in [-0.3, -0.25) is 9.59 Å². The number of nitrogens with zero attached hydrogens (tertiary/aromatic N) is 4. The van der Waals surface area contributed by atoms with Crippen LogP contribution in [0.1, 0.15) is 28.8 Å². The molecule has 0 saturated heterocycles. The molecular weight excluding hydrogens is 415 g/mol. The third-order valence-corrected chi connectivity index (χ3v) is 5.96. The molecule has 1 aromatic carbocycles. The van der Waals surface area contributed by atoms with Crippen LogP contribution in [0.2, 0.25) is 0 Å². The van der Waals surface area contributed by atoms with Gasteiger partial charge in [0.15, 0.2) is 16.1 Å². The fourth-order valence-corrected chi connectivity index (χ4v) is 3.86. The first-order valence-corrected chi connectivity index (χ1v) is 10.4. The van der Waals surface area contributed by atoms with Crippen molar-refractivity contribution in [3.05, 3.63) is 52.5 Å². The van der Waals surface area contributed by atoms with Crippen molar-refractivity contribution in [1.29, 1.82) is 0 Å². The third-order valence-electron chi connectivity index (χ3n) is 3.95. The zero-order valence-electron chi connectivity index (χ0n) is 16.0. The molecule has 0 aliphatic carbocycles. The van der Waals surface area contributed by atoms with Gasteiger partial charge in [0, 0.05) is 12.4 Å². The van der Waals surface area contributed by atoms with Crippen LogP contribution in [-0.4, -0.2) is 36.8 Å². The zero-order valence-corrected chi connectivity index (χ0v) is 17.6. The Kier molecular flexibility index (Phi) is 6.60. The number of halogens is 1. The molecule has 1 atom stereocenters. The van der Waals surface area contributed by atoms with Gasteiger partial charge in [-0.2, -0.15) is 0 Å². The van der Waals surface area contributed by atoms with Gasteiger partial charge < -0.3 is 15.2 Å². The van der Waals surface area contributed by atoms with E-state index in [0.29, 0.717) is 16.1 Å². The van der Waals surface area contributed by atoms with Crippen LogP contribution in [0.25, 0.3) is 0 Å². The summed E-state index contributed by atoms with van der Waals surface area (Å²) >= 11 is 2.60. The van der Waals surface area contributed by atoms with Crippen molar-refractivity contribution >= 4 is 40.0 Å². The maximum atomic E-state index is 13.7. The Hall–Kier alpha value is -2.79. The number of hydrogen-bond donors (Lipinski definition) is 2. The molecule has 0 radical (unpaired) electrons. The predicted octanol–water partition coefficient (Wildman–Crippen LogP) is 2.77. The van der Waals surface area contributed by atoms with Gasteiger partial charge in [-0.05, 0) is 26.0 Å². The molecule has 0 fully saturated rings.